The highest BCUT2D eigenvalue weighted by molar-refractivity contribution is 6.02. The minimum atomic E-state index is -4.51. The van der Waals surface area contributed by atoms with Crippen molar-refractivity contribution in [2.75, 3.05) is 39.3 Å². The number of hydrogen-bond acceptors (Lipinski definition) is 3. The second-order valence-corrected chi connectivity index (χ2v) is 9.25. The number of para-hydroxylation sites is 1. The molecule has 1 amide bonds. The molecule has 1 aliphatic heterocycles. The number of hydrogen-bond donors (Lipinski definition) is 0. The average molecular weight is 523 g/mol. The van der Waals surface area contributed by atoms with Gasteiger partial charge < -0.3 is 9.80 Å². The zero-order valence-corrected chi connectivity index (χ0v) is 21.8. The van der Waals surface area contributed by atoms with Crippen LogP contribution in [-0.4, -0.2) is 65.7 Å². The summed E-state index contributed by atoms with van der Waals surface area (Å²) in [4.78, 5) is 23.5. The number of amides is 1. The zero-order valence-electron chi connectivity index (χ0n) is 21.8. The smallest absolute Gasteiger partial charge is 0.354 e. The fourth-order valence-electron chi connectivity index (χ4n) is 4.66. The van der Waals surface area contributed by atoms with Crippen molar-refractivity contribution in [3.8, 4) is 0 Å². The maximum atomic E-state index is 13.8. The number of benzene rings is 3. The van der Waals surface area contributed by atoms with Crippen LogP contribution in [0.2, 0.25) is 0 Å². The number of carbonyl (C=O) groups is 1. The van der Waals surface area contributed by atoms with Crippen LogP contribution in [0.1, 0.15) is 40.9 Å². The molecule has 0 N–H and O–H groups in total. The van der Waals surface area contributed by atoms with E-state index in [1.165, 1.54) is 17.7 Å². The first-order chi connectivity index (χ1) is 18.3. The predicted molar refractivity (Wildman–Crippen MR) is 145 cm³/mol. The van der Waals surface area contributed by atoms with Gasteiger partial charge in [0.15, 0.2) is 0 Å². The molecule has 38 heavy (non-hydrogen) atoms. The van der Waals surface area contributed by atoms with E-state index >= 15 is 0 Å². The molecular formula is C30H33F3N4O. The van der Waals surface area contributed by atoms with E-state index in [-0.39, 0.29) is 11.6 Å². The van der Waals surface area contributed by atoms with E-state index in [4.69, 9.17) is 0 Å². The van der Waals surface area contributed by atoms with Gasteiger partial charge in [0.1, 0.15) is 5.84 Å². The van der Waals surface area contributed by atoms with Crippen LogP contribution >= 0.6 is 0 Å². The van der Waals surface area contributed by atoms with E-state index in [2.05, 4.69) is 22.0 Å². The summed E-state index contributed by atoms with van der Waals surface area (Å²) in [6.45, 7) is 8.64. The fourth-order valence-corrected chi connectivity index (χ4v) is 4.66. The lowest BCUT2D eigenvalue weighted by Gasteiger charge is -2.36. The van der Waals surface area contributed by atoms with Gasteiger partial charge in [0.2, 0.25) is 0 Å². The third kappa shape index (κ3) is 6.61. The molecule has 0 radical (unpaired) electrons. The highest BCUT2D eigenvalue weighted by Crippen LogP contribution is 2.36. The third-order valence-electron chi connectivity index (χ3n) is 6.80. The van der Waals surface area contributed by atoms with Gasteiger partial charge in [-0.05, 0) is 43.7 Å². The molecular weight excluding hydrogens is 489 g/mol. The Labute approximate surface area is 222 Å². The predicted octanol–water partition coefficient (Wildman–Crippen LogP) is 6.08. The Morgan fingerprint density at radius 1 is 0.816 bits per heavy atom. The maximum Gasteiger partial charge on any atom is 0.418 e. The molecule has 1 aliphatic rings. The summed E-state index contributed by atoms with van der Waals surface area (Å²) >= 11 is 0. The molecule has 200 valence electrons. The topological polar surface area (TPSA) is 39.2 Å². The van der Waals surface area contributed by atoms with Crippen LogP contribution in [0.4, 0.5) is 18.9 Å². The highest BCUT2D eigenvalue weighted by Gasteiger charge is 2.33. The first-order valence-electron chi connectivity index (χ1n) is 13.0. The molecule has 5 nitrogen and oxygen atoms in total. The molecule has 8 heteroatoms. The van der Waals surface area contributed by atoms with Crippen LogP contribution in [0.25, 0.3) is 0 Å². The van der Waals surface area contributed by atoms with E-state index < -0.39 is 11.7 Å². The molecule has 4 rings (SSSR count). The lowest BCUT2D eigenvalue weighted by Crippen LogP contribution is -2.48. The second kappa shape index (κ2) is 12.3. The Kier molecular flexibility index (Phi) is 8.84. The fraction of sp³-hybridized carbons (Fsp3) is 0.333. The molecule has 1 heterocycles. The van der Waals surface area contributed by atoms with Crippen LogP contribution in [0.5, 0.6) is 0 Å². The molecule has 0 bridgehead atoms. The molecule has 3 aromatic carbocycles. The third-order valence-corrected chi connectivity index (χ3v) is 6.80. The molecule has 0 unspecified atom stereocenters. The molecule has 3 aromatic rings. The normalized spacial score (nSPS) is 15.0. The van der Waals surface area contributed by atoms with Gasteiger partial charge in [-0.3, -0.25) is 9.69 Å². The Morgan fingerprint density at radius 2 is 1.39 bits per heavy atom. The second-order valence-electron chi connectivity index (χ2n) is 9.25. The van der Waals surface area contributed by atoms with E-state index in [9.17, 15) is 18.0 Å². The van der Waals surface area contributed by atoms with Gasteiger partial charge in [0, 0.05) is 56.9 Å². The standard InChI is InChI=1S/C30H33F3N4O/c1-3-36(4-2)29(38)25-16-14-24(15-17-25)28(34-27-13-9-8-12-26(27)30(31,32)33)37-20-18-35(19-21-37)22-23-10-6-5-7-11-23/h5-17H,3-4,18-22H2,1-2H3. The number of alkyl halides is 3. The molecule has 0 aliphatic carbocycles. The number of halogens is 3. The van der Waals surface area contributed by atoms with Crippen molar-refractivity contribution in [3.63, 3.8) is 0 Å². The lowest BCUT2D eigenvalue weighted by molar-refractivity contribution is -0.137. The van der Waals surface area contributed by atoms with Crippen molar-refractivity contribution >= 4 is 17.4 Å². The minimum Gasteiger partial charge on any atom is -0.354 e. The Bertz CT molecular complexity index is 1230. The maximum absolute atomic E-state index is 13.8. The van der Waals surface area contributed by atoms with Crippen LogP contribution in [-0.2, 0) is 12.7 Å². The van der Waals surface area contributed by atoms with Crippen molar-refractivity contribution in [2.24, 2.45) is 4.99 Å². The molecule has 0 saturated carbocycles. The molecule has 1 fully saturated rings. The van der Waals surface area contributed by atoms with Crippen LogP contribution < -0.4 is 0 Å². The van der Waals surface area contributed by atoms with Gasteiger partial charge in [0.05, 0.1) is 11.3 Å². The molecule has 0 atom stereocenters. The van der Waals surface area contributed by atoms with Gasteiger partial charge in [-0.1, -0.05) is 54.6 Å². The number of aliphatic imine (C=N–C) groups is 1. The summed E-state index contributed by atoms with van der Waals surface area (Å²) < 4.78 is 41.3. The highest BCUT2D eigenvalue weighted by atomic mass is 19.4. The van der Waals surface area contributed by atoms with E-state index in [0.717, 1.165) is 25.7 Å². The summed E-state index contributed by atoms with van der Waals surface area (Å²) in [6, 6.07) is 22.6. The number of carbonyl (C=O) groups excluding carboxylic acids is 1. The summed E-state index contributed by atoms with van der Waals surface area (Å²) in [5, 5.41) is 0. The quantitative estimate of drug-likeness (QED) is 0.279. The van der Waals surface area contributed by atoms with Crippen molar-refractivity contribution in [1.82, 2.24) is 14.7 Å². The van der Waals surface area contributed by atoms with Crippen LogP contribution in [0.15, 0.2) is 83.9 Å². The van der Waals surface area contributed by atoms with Crippen LogP contribution in [0, 0.1) is 0 Å². The van der Waals surface area contributed by atoms with Crippen molar-refractivity contribution in [1.29, 1.82) is 0 Å². The number of rotatable bonds is 7. The van der Waals surface area contributed by atoms with Crippen molar-refractivity contribution < 1.29 is 18.0 Å². The Hall–Kier alpha value is -3.65. The van der Waals surface area contributed by atoms with Gasteiger partial charge in [-0.25, -0.2) is 4.99 Å². The van der Waals surface area contributed by atoms with Crippen molar-refractivity contribution in [2.45, 2.75) is 26.6 Å². The van der Waals surface area contributed by atoms with Gasteiger partial charge >= 0.3 is 6.18 Å². The van der Waals surface area contributed by atoms with E-state index in [0.29, 0.717) is 43.1 Å². The number of nitrogens with zero attached hydrogens (tertiary/aromatic N) is 4. The van der Waals surface area contributed by atoms with Gasteiger partial charge in [-0.2, -0.15) is 13.2 Å². The number of amidine groups is 1. The van der Waals surface area contributed by atoms with Gasteiger partial charge in [-0.15, -0.1) is 0 Å². The molecule has 1 saturated heterocycles. The summed E-state index contributed by atoms with van der Waals surface area (Å²) in [7, 11) is 0. The SMILES string of the molecule is CCN(CC)C(=O)c1ccc(C(=Nc2ccccc2C(F)(F)F)N2CCN(Cc3ccccc3)CC2)cc1. The van der Waals surface area contributed by atoms with Crippen molar-refractivity contribution in [3.05, 3.63) is 101 Å². The Morgan fingerprint density at radius 3 is 2.00 bits per heavy atom. The molecule has 0 spiro atoms. The summed E-state index contributed by atoms with van der Waals surface area (Å²) in [5.41, 5.74) is 1.55. The van der Waals surface area contributed by atoms with E-state index in [1.54, 1.807) is 35.2 Å². The molecule has 0 aromatic heterocycles. The summed E-state index contributed by atoms with van der Waals surface area (Å²) in [6.07, 6.45) is -4.51. The number of piperazine rings is 1. The summed E-state index contributed by atoms with van der Waals surface area (Å²) in [5.74, 6) is 0.403. The first-order valence-corrected chi connectivity index (χ1v) is 13.0. The van der Waals surface area contributed by atoms with E-state index in [1.807, 2.05) is 36.9 Å². The minimum absolute atomic E-state index is 0.0722. The zero-order chi connectivity index (χ0) is 27.1. The monoisotopic (exact) mass is 522 g/mol. The van der Waals surface area contributed by atoms with Crippen LogP contribution in [0.3, 0.4) is 0 Å². The largest absolute Gasteiger partial charge is 0.418 e. The Balaban J connectivity index is 1.63. The first kappa shape index (κ1) is 27.4. The van der Waals surface area contributed by atoms with Gasteiger partial charge in [0.25, 0.3) is 5.91 Å². The lowest BCUT2D eigenvalue weighted by atomic mass is 10.1. The average Bonchev–Trinajstić information content (AvgIpc) is 2.93.